The summed E-state index contributed by atoms with van der Waals surface area (Å²) in [4.78, 5) is 41.5. The summed E-state index contributed by atoms with van der Waals surface area (Å²) in [6.45, 7) is 0. The number of aromatic nitrogens is 8. The summed E-state index contributed by atoms with van der Waals surface area (Å²) in [5.41, 5.74) is 22.8. The van der Waals surface area contributed by atoms with Crippen LogP contribution in [0.15, 0.2) is 291 Å². The molecule has 0 atom stereocenters. The van der Waals surface area contributed by atoms with Crippen LogP contribution in [-0.4, -0.2) is 39.9 Å². The zero-order valence-electron chi connectivity index (χ0n) is 47.4. The van der Waals surface area contributed by atoms with Crippen molar-refractivity contribution in [3.8, 4) is 135 Å². The first kappa shape index (κ1) is 50.5. The molecular weight excluding hydrogens is 1070 g/mol. The number of rotatable bonds is 8. The van der Waals surface area contributed by atoms with Gasteiger partial charge in [0.25, 0.3) is 0 Å². The van der Waals surface area contributed by atoms with Crippen molar-refractivity contribution in [2.75, 3.05) is 0 Å². The molecular formula is C80H50N8. The molecule has 8 heteroatoms. The molecule has 12 aromatic carbocycles. The van der Waals surface area contributed by atoms with E-state index < -0.39 is 0 Å². The van der Waals surface area contributed by atoms with Crippen LogP contribution in [0.1, 0.15) is 0 Å². The molecule has 0 radical (unpaired) electrons. The highest BCUT2D eigenvalue weighted by molar-refractivity contribution is 6.12. The van der Waals surface area contributed by atoms with Gasteiger partial charge in [-0.3, -0.25) is 0 Å². The molecule has 8 nitrogen and oxygen atoms in total. The number of hydrogen-bond acceptors (Lipinski definition) is 6. The Kier molecular flexibility index (Phi) is 12.0. The van der Waals surface area contributed by atoms with Crippen LogP contribution in [0.3, 0.4) is 0 Å². The van der Waals surface area contributed by atoms with Gasteiger partial charge >= 0.3 is 0 Å². The third kappa shape index (κ3) is 8.77. The van der Waals surface area contributed by atoms with E-state index in [2.05, 4.69) is 301 Å². The van der Waals surface area contributed by atoms with Gasteiger partial charge in [-0.2, -0.15) is 0 Å². The van der Waals surface area contributed by atoms with Crippen LogP contribution in [0, 0.1) is 0 Å². The van der Waals surface area contributed by atoms with E-state index in [-0.39, 0.29) is 0 Å². The molecule has 0 spiro atoms. The first-order valence-electron chi connectivity index (χ1n) is 29.6. The van der Waals surface area contributed by atoms with Crippen LogP contribution >= 0.6 is 0 Å². The van der Waals surface area contributed by atoms with Crippen molar-refractivity contribution in [3.05, 3.63) is 291 Å². The van der Waals surface area contributed by atoms with Gasteiger partial charge in [0.15, 0.2) is 23.3 Å². The minimum absolute atomic E-state index is 0.512. The van der Waals surface area contributed by atoms with Crippen LogP contribution < -0.4 is 0 Å². The van der Waals surface area contributed by atoms with E-state index in [1.807, 2.05) is 0 Å². The molecule has 17 rings (SSSR count). The zero-order valence-corrected chi connectivity index (χ0v) is 47.4. The molecule has 2 N–H and O–H groups in total. The minimum Gasteiger partial charge on any atom is -0.324 e. The van der Waals surface area contributed by atoms with E-state index in [1.165, 1.54) is 0 Å². The van der Waals surface area contributed by atoms with Crippen molar-refractivity contribution >= 4 is 44.1 Å². The maximum absolute atomic E-state index is 5.69. The third-order valence-corrected chi connectivity index (χ3v) is 17.1. The second-order valence-corrected chi connectivity index (χ2v) is 22.3. The predicted molar refractivity (Wildman–Crippen MR) is 360 cm³/mol. The highest BCUT2D eigenvalue weighted by atomic mass is 15.1. The van der Waals surface area contributed by atoms with Crippen LogP contribution in [0.25, 0.3) is 179 Å². The van der Waals surface area contributed by atoms with Crippen molar-refractivity contribution < 1.29 is 0 Å². The molecule has 2 aliphatic heterocycles. The normalized spacial score (nSPS) is 11.6. The number of nitrogens with zero attached hydrogens (tertiary/aromatic N) is 6. The second-order valence-electron chi connectivity index (χ2n) is 22.3. The number of aromatic amines is 2. The maximum atomic E-state index is 5.69. The quantitative estimate of drug-likeness (QED) is 0.157. The summed E-state index contributed by atoms with van der Waals surface area (Å²) in [5, 5.41) is 3.50. The Morgan fingerprint density at radius 3 is 0.489 bits per heavy atom. The molecule has 3 aromatic heterocycles. The summed E-state index contributed by atoms with van der Waals surface area (Å²) in [6.07, 6.45) is 0. The Morgan fingerprint density at radius 1 is 0.159 bits per heavy atom. The lowest BCUT2D eigenvalue weighted by atomic mass is 9.90. The Balaban J connectivity index is 1.05. The molecule has 0 saturated heterocycles. The fourth-order valence-corrected chi connectivity index (χ4v) is 12.8. The van der Waals surface area contributed by atoms with Crippen LogP contribution in [-0.2, 0) is 0 Å². The zero-order chi connectivity index (χ0) is 58.1. The van der Waals surface area contributed by atoms with E-state index >= 15 is 0 Å². The molecule has 410 valence electrons. The monoisotopic (exact) mass is 1120 g/mol. The average molecular weight is 1120 g/mol. The molecule has 0 unspecified atom stereocenters. The minimum atomic E-state index is 0.512. The summed E-state index contributed by atoms with van der Waals surface area (Å²) in [6, 6.07) is 103. The van der Waals surface area contributed by atoms with E-state index in [9.17, 15) is 0 Å². The van der Waals surface area contributed by atoms with Gasteiger partial charge in [0.1, 0.15) is 22.6 Å². The van der Waals surface area contributed by atoms with Gasteiger partial charge < -0.3 is 9.97 Å². The molecule has 0 saturated carbocycles. The van der Waals surface area contributed by atoms with Crippen molar-refractivity contribution in [2.24, 2.45) is 0 Å². The van der Waals surface area contributed by atoms with Gasteiger partial charge in [0.2, 0.25) is 0 Å². The highest BCUT2D eigenvalue weighted by Gasteiger charge is 2.28. The van der Waals surface area contributed by atoms with Crippen molar-refractivity contribution in [2.45, 2.75) is 0 Å². The fraction of sp³-hybridized carbons (Fsp3) is 0. The fourth-order valence-electron chi connectivity index (χ4n) is 12.8. The van der Waals surface area contributed by atoms with Crippen molar-refractivity contribution in [1.29, 1.82) is 0 Å². The molecule has 88 heavy (non-hydrogen) atoms. The van der Waals surface area contributed by atoms with Crippen molar-refractivity contribution in [1.82, 2.24) is 39.9 Å². The lowest BCUT2D eigenvalue weighted by Gasteiger charge is -2.13. The number of hydrogen-bond donors (Lipinski definition) is 2. The average Bonchev–Trinajstić information content (AvgIpc) is 2.07. The van der Waals surface area contributed by atoms with Gasteiger partial charge in [0.05, 0.1) is 0 Å². The summed E-state index contributed by atoms with van der Waals surface area (Å²) >= 11 is 0. The standard InChI is InChI=1S/C80H50N8/c1-9-25-49(26-10-1)57-41-65-66(42-58(57)50-27-11-2-12-28-50)74-81-73(65)85-75-67-43-59(51-29-13-3-14-30-51)60(52-31-15-4-16-32-52)44-68(67)77(82-75)87-79-71-47-63(55-37-21-7-22-38-55)64(56-39-23-8-24-40-56)48-72(71)80(84-79)88-78-70-46-62(54-35-19-6-20-36-54)61(53-33-17-5-18-34-53)45-69(70)76(83-78)86-74/h1-48H,(H2,81,82,83,84,85,86,87,88). The number of benzene rings is 12. The third-order valence-electron chi connectivity index (χ3n) is 17.1. The lowest BCUT2D eigenvalue weighted by molar-refractivity contribution is 1.19. The van der Waals surface area contributed by atoms with E-state index in [1.54, 1.807) is 0 Å². The topological polar surface area (TPSA) is 109 Å². The molecule has 15 aromatic rings. The summed E-state index contributed by atoms with van der Waals surface area (Å²) < 4.78 is 0. The molecule has 0 fully saturated rings. The number of nitrogens with one attached hydrogen (secondary N) is 2. The van der Waals surface area contributed by atoms with E-state index in [0.717, 1.165) is 133 Å². The first-order valence-corrected chi connectivity index (χ1v) is 29.6. The van der Waals surface area contributed by atoms with E-state index in [0.29, 0.717) is 45.9 Å². The largest absolute Gasteiger partial charge is 0.324 e. The van der Waals surface area contributed by atoms with Gasteiger partial charge in [0, 0.05) is 43.8 Å². The van der Waals surface area contributed by atoms with Crippen LogP contribution in [0.5, 0.6) is 0 Å². The maximum Gasteiger partial charge on any atom is 0.164 e. The Morgan fingerprint density at radius 2 is 0.318 bits per heavy atom. The number of H-pyrrole nitrogens is 2. The Labute approximate surface area is 507 Å². The Hall–Kier alpha value is -12.0. The summed E-state index contributed by atoms with van der Waals surface area (Å²) in [5.74, 6) is 2.05. The van der Waals surface area contributed by atoms with Gasteiger partial charge in [-0.1, -0.05) is 243 Å². The predicted octanol–water partition coefficient (Wildman–Crippen LogP) is 20.2. The molecule has 0 amide bonds. The lowest BCUT2D eigenvalue weighted by Crippen LogP contribution is -1.90. The molecule has 0 aliphatic carbocycles. The smallest absolute Gasteiger partial charge is 0.164 e. The SMILES string of the molecule is c1ccc(-c2cc3c(cc2-c2ccccc2)-c2nc-3nc3[nH]c(nc4nc(nc5[nH]c(n2)c2cc(-c6ccccc6)c(-c6ccccc6)cc52)-c2cc(-c5ccccc5)c(-c5ccccc5)cc2-4)c2cc(-c4ccccc4)c(-c4ccccc4)cc32)cc1. The Bertz CT molecular complexity index is 4720. The molecule has 5 heterocycles. The van der Waals surface area contributed by atoms with Crippen LogP contribution in [0.2, 0.25) is 0 Å². The summed E-state index contributed by atoms with van der Waals surface area (Å²) in [7, 11) is 0. The second kappa shape index (κ2) is 21.0. The molecule has 2 aliphatic rings. The van der Waals surface area contributed by atoms with Crippen LogP contribution in [0.4, 0.5) is 0 Å². The molecule has 8 bridgehead atoms. The highest BCUT2D eigenvalue weighted by Crippen LogP contribution is 2.47. The van der Waals surface area contributed by atoms with Gasteiger partial charge in [-0.05, 0) is 138 Å². The number of fused-ring (bicyclic) bond motifs is 20. The van der Waals surface area contributed by atoms with Gasteiger partial charge in [-0.15, -0.1) is 0 Å². The first-order chi connectivity index (χ1) is 43.6. The van der Waals surface area contributed by atoms with Crippen molar-refractivity contribution in [3.63, 3.8) is 0 Å². The van der Waals surface area contributed by atoms with Gasteiger partial charge in [-0.25, -0.2) is 29.9 Å². The van der Waals surface area contributed by atoms with E-state index in [4.69, 9.17) is 29.9 Å².